The van der Waals surface area contributed by atoms with Crippen molar-refractivity contribution in [2.45, 2.75) is 32.9 Å². The van der Waals surface area contributed by atoms with E-state index in [-0.39, 0.29) is 30.2 Å². The average molecular weight is 265 g/mol. The summed E-state index contributed by atoms with van der Waals surface area (Å²) >= 11 is 0. The molecule has 0 saturated carbocycles. The van der Waals surface area contributed by atoms with Gasteiger partial charge < -0.3 is 10.6 Å². The molecule has 0 spiro atoms. The van der Waals surface area contributed by atoms with E-state index in [0.29, 0.717) is 5.56 Å². The van der Waals surface area contributed by atoms with Crippen LogP contribution in [0.1, 0.15) is 32.4 Å². The van der Waals surface area contributed by atoms with E-state index >= 15 is 0 Å². The minimum absolute atomic E-state index is 0.0268. The molecule has 0 radical (unpaired) electrons. The topological polar surface area (TPSA) is 84.3 Å². The maximum Gasteiger partial charge on any atom is 0.269 e. The van der Waals surface area contributed by atoms with Crippen molar-refractivity contribution in [3.05, 3.63) is 39.9 Å². The Balaban J connectivity index is 2.62. The van der Waals surface area contributed by atoms with Crippen molar-refractivity contribution >= 4 is 11.6 Å². The third-order valence-corrected chi connectivity index (χ3v) is 2.63. The third-order valence-electron chi connectivity index (χ3n) is 2.63. The molecule has 104 valence electrons. The van der Waals surface area contributed by atoms with Crippen LogP contribution in [-0.2, 0) is 4.79 Å². The van der Waals surface area contributed by atoms with Crippen LogP contribution in [0, 0.1) is 10.1 Å². The summed E-state index contributed by atoms with van der Waals surface area (Å²) in [4.78, 5) is 21.9. The molecule has 2 N–H and O–H groups in total. The predicted octanol–water partition coefficient (Wildman–Crippen LogP) is 1.77. The summed E-state index contributed by atoms with van der Waals surface area (Å²) in [5, 5.41) is 16.5. The molecule has 0 aliphatic carbocycles. The molecule has 1 rings (SSSR count). The van der Waals surface area contributed by atoms with E-state index in [2.05, 4.69) is 10.6 Å². The molecule has 0 bridgehead atoms. The van der Waals surface area contributed by atoms with Crippen LogP contribution in [-0.4, -0.2) is 23.4 Å². The standard InChI is InChI=1S/C13H19N3O3/c1-9(2)14-8-13(17)15-10(3)11-5-4-6-12(7-11)16(18)19/h4-7,9-10,14H,8H2,1-3H3,(H,15,17). The van der Waals surface area contributed by atoms with Crippen LogP contribution in [0.25, 0.3) is 0 Å². The van der Waals surface area contributed by atoms with Crippen LogP contribution in [0.2, 0.25) is 0 Å². The molecule has 0 aliphatic heterocycles. The number of nitrogens with one attached hydrogen (secondary N) is 2. The second kappa shape index (κ2) is 6.84. The fourth-order valence-corrected chi connectivity index (χ4v) is 1.58. The Bertz CT molecular complexity index is 460. The van der Waals surface area contributed by atoms with Crippen LogP contribution in [0.15, 0.2) is 24.3 Å². The number of carbonyl (C=O) groups excluding carboxylic acids is 1. The highest BCUT2D eigenvalue weighted by Gasteiger charge is 2.13. The minimum atomic E-state index is -0.446. The van der Waals surface area contributed by atoms with Crippen molar-refractivity contribution in [3.63, 3.8) is 0 Å². The van der Waals surface area contributed by atoms with Crippen LogP contribution in [0.3, 0.4) is 0 Å². The molecule has 6 nitrogen and oxygen atoms in total. The summed E-state index contributed by atoms with van der Waals surface area (Å²) in [6.45, 7) is 5.94. The first-order valence-corrected chi connectivity index (χ1v) is 6.17. The Morgan fingerprint density at radius 1 is 1.37 bits per heavy atom. The zero-order valence-corrected chi connectivity index (χ0v) is 11.3. The van der Waals surface area contributed by atoms with E-state index in [1.54, 1.807) is 19.1 Å². The molecule has 1 atom stereocenters. The number of amides is 1. The number of nitrogens with zero attached hydrogens (tertiary/aromatic N) is 1. The van der Waals surface area contributed by atoms with Gasteiger partial charge in [-0.05, 0) is 12.5 Å². The predicted molar refractivity (Wildman–Crippen MR) is 72.8 cm³/mol. The lowest BCUT2D eigenvalue weighted by atomic mass is 10.1. The Labute approximate surface area is 112 Å². The molecule has 0 aromatic heterocycles. The molecule has 6 heteroatoms. The SMILES string of the molecule is CC(C)NCC(=O)NC(C)c1cccc([N+](=O)[O-])c1. The highest BCUT2D eigenvalue weighted by Crippen LogP contribution is 2.18. The number of benzene rings is 1. The number of hydrogen-bond donors (Lipinski definition) is 2. The van der Waals surface area contributed by atoms with Gasteiger partial charge in [0.15, 0.2) is 0 Å². The molecule has 0 aliphatic rings. The lowest BCUT2D eigenvalue weighted by Crippen LogP contribution is -2.37. The molecule has 1 amide bonds. The molecule has 19 heavy (non-hydrogen) atoms. The van der Waals surface area contributed by atoms with Crippen LogP contribution in [0.5, 0.6) is 0 Å². The smallest absolute Gasteiger partial charge is 0.269 e. The largest absolute Gasteiger partial charge is 0.348 e. The van der Waals surface area contributed by atoms with E-state index in [0.717, 1.165) is 0 Å². The Kier molecular flexibility index (Phi) is 5.44. The highest BCUT2D eigenvalue weighted by atomic mass is 16.6. The first-order chi connectivity index (χ1) is 8.90. The second-order valence-corrected chi connectivity index (χ2v) is 4.68. The van der Waals surface area contributed by atoms with Gasteiger partial charge in [0.1, 0.15) is 0 Å². The van der Waals surface area contributed by atoms with Gasteiger partial charge >= 0.3 is 0 Å². The molecule has 1 aromatic carbocycles. The van der Waals surface area contributed by atoms with Crippen molar-refractivity contribution < 1.29 is 9.72 Å². The van der Waals surface area contributed by atoms with Crippen molar-refractivity contribution in [3.8, 4) is 0 Å². The van der Waals surface area contributed by atoms with Gasteiger partial charge in [-0.15, -0.1) is 0 Å². The number of non-ortho nitro benzene ring substituents is 1. The van der Waals surface area contributed by atoms with Gasteiger partial charge in [0, 0.05) is 18.2 Å². The monoisotopic (exact) mass is 265 g/mol. The number of nitro benzene ring substituents is 1. The number of carbonyl (C=O) groups is 1. The first kappa shape index (κ1) is 15.1. The number of rotatable bonds is 6. The summed E-state index contributed by atoms with van der Waals surface area (Å²) < 4.78 is 0. The molecule has 1 unspecified atom stereocenters. The lowest BCUT2D eigenvalue weighted by molar-refractivity contribution is -0.384. The average Bonchev–Trinajstić information content (AvgIpc) is 2.36. The first-order valence-electron chi connectivity index (χ1n) is 6.17. The summed E-state index contributed by atoms with van der Waals surface area (Å²) in [7, 11) is 0. The fourth-order valence-electron chi connectivity index (χ4n) is 1.58. The van der Waals surface area contributed by atoms with E-state index < -0.39 is 4.92 Å². The molecular weight excluding hydrogens is 246 g/mol. The Morgan fingerprint density at radius 3 is 2.63 bits per heavy atom. The number of nitro groups is 1. The van der Waals surface area contributed by atoms with Gasteiger partial charge in [-0.2, -0.15) is 0 Å². The summed E-state index contributed by atoms with van der Waals surface area (Å²) in [6, 6.07) is 6.25. The van der Waals surface area contributed by atoms with Crippen LogP contribution in [0.4, 0.5) is 5.69 Å². The van der Waals surface area contributed by atoms with Crippen LogP contribution < -0.4 is 10.6 Å². The van der Waals surface area contributed by atoms with Crippen molar-refractivity contribution in [2.75, 3.05) is 6.54 Å². The maximum atomic E-state index is 11.6. The van der Waals surface area contributed by atoms with Crippen molar-refractivity contribution in [1.29, 1.82) is 0 Å². The minimum Gasteiger partial charge on any atom is -0.348 e. The third kappa shape index (κ3) is 5.05. The van der Waals surface area contributed by atoms with Gasteiger partial charge in [0.05, 0.1) is 17.5 Å². The maximum absolute atomic E-state index is 11.6. The number of hydrogen-bond acceptors (Lipinski definition) is 4. The summed E-state index contributed by atoms with van der Waals surface area (Å²) in [6.07, 6.45) is 0. The van der Waals surface area contributed by atoms with Gasteiger partial charge in [-0.3, -0.25) is 14.9 Å². The Hall–Kier alpha value is -1.95. The highest BCUT2D eigenvalue weighted by molar-refractivity contribution is 5.78. The summed E-state index contributed by atoms with van der Waals surface area (Å²) in [5.74, 6) is -0.132. The zero-order chi connectivity index (χ0) is 14.4. The van der Waals surface area contributed by atoms with Crippen molar-refractivity contribution in [2.24, 2.45) is 0 Å². The normalized spacial score (nSPS) is 12.2. The molecular formula is C13H19N3O3. The van der Waals surface area contributed by atoms with Crippen molar-refractivity contribution in [1.82, 2.24) is 10.6 Å². The van der Waals surface area contributed by atoms with E-state index in [9.17, 15) is 14.9 Å². The quantitative estimate of drug-likeness (QED) is 0.606. The fraction of sp³-hybridized carbons (Fsp3) is 0.462. The van der Waals surface area contributed by atoms with E-state index in [1.807, 2.05) is 13.8 Å². The molecule has 0 saturated heterocycles. The van der Waals surface area contributed by atoms with Gasteiger partial charge in [-0.25, -0.2) is 0 Å². The molecule has 0 heterocycles. The van der Waals surface area contributed by atoms with Gasteiger partial charge in [0.25, 0.3) is 5.69 Å². The van der Waals surface area contributed by atoms with E-state index in [1.165, 1.54) is 12.1 Å². The summed E-state index contributed by atoms with van der Waals surface area (Å²) in [5.41, 5.74) is 0.742. The molecule has 1 aromatic rings. The van der Waals surface area contributed by atoms with Gasteiger partial charge in [0.2, 0.25) is 5.91 Å². The van der Waals surface area contributed by atoms with Crippen LogP contribution >= 0.6 is 0 Å². The lowest BCUT2D eigenvalue weighted by Gasteiger charge is -2.15. The molecule has 0 fully saturated rings. The van der Waals surface area contributed by atoms with Gasteiger partial charge in [-0.1, -0.05) is 26.0 Å². The zero-order valence-electron chi connectivity index (χ0n) is 11.3. The Morgan fingerprint density at radius 2 is 2.05 bits per heavy atom. The van der Waals surface area contributed by atoms with E-state index in [4.69, 9.17) is 0 Å². The second-order valence-electron chi connectivity index (χ2n) is 4.68.